The van der Waals surface area contributed by atoms with E-state index >= 15 is 0 Å². The van der Waals surface area contributed by atoms with Gasteiger partial charge in [0.25, 0.3) is 5.91 Å². The van der Waals surface area contributed by atoms with Gasteiger partial charge in [-0.2, -0.15) is 5.10 Å². The van der Waals surface area contributed by atoms with Crippen LogP contribution in [0.4, 0.5) is 8.78 Å². The standard InChI is InChI=1S/C21H21F2N3O4/c1-28-19-5-3-14(11-20(19)29-2)7-9-24-21(27)17-8-10-26(25-17)13-30-18-6-4-15(22)12-16(18)23/h3-6,8,10-12H,7,9,13H2,1-2H3,(H,24,27). The van der Waals surface area contributed by atoms with Crippen LogP contribution < -0.4 is 19.5 Å². The van der Waals surface area contributed by atoms with Gasteiger partial charge in [-0.3, -0.25) is 4.79 Å². The van der Waals surface area contributed by atoms with Gasteiger partial charge < -0.3 is 19.5 Å². The fourth-order valence-corrected chi connectivity index (χ4v) is 2.73. The van der Waals surface area contributed by atoms with Crippen LogP contribution in [0.5, 0.6) is 17.2 Å². The van der Waals surface area contributed by atoms with E-state index in [1.54, 1.807) is 14.2 Å². The van der Waals surface area contributed by atoms with Gasteiger partial charge in [0.15, 0.2) is 29.8 Å². The van der Waals surface area contributed by atoms with Crippen molar-refractivity contribution in [3.8, 4) is 17.2 Å². The minimum atomic E-state index is -0.810. The van der Waals surface area contributed by atoms with Crippen LogP contribution >= 0.6 is 0 Å². The minimum absolute atomic E-state index is 0.104. The summed E-state index contributed by atoms with van der Waals surface area (Å²) in [7, 11) is 3.13. The van der Waals surface area contributed by atoms with E-state index in [2.05, 4.69) is 10.4 Å². The molecule has 1 amide bonds. The molecule has 1 heterocycles. The summed E-state index contributed by atoms with van der Waals surface area (Å²) in [6, 6.07) is 10.1. The highest BCUT2D eigenvalue weighted by Crippen LogP contribution is 2.27. The molecule has 1 aromatic heterocycles. The van der Waals surface area contributed by atoms with Crippen molar-refractivity contribution in [2.45, 2.75) is 13.2 Å². The number of hydrogen-bond donors (Lipinski definition) is 1. The SMILES string of the molecule is COc1ccc(CCNC(=O)c2ccn(COc3ccc(F)cc3F)n2)cc1OC. The third-order valence-corrected chi connectivity index (χ3v) is 4.27. The lowest BCUT2D eigenvalue weighted by Gasteiger charge is -2.10. The van der Waals surface area contributed by atoms with Crippen LogP contribution in [0.25, 0.3) is 0 Å². The summed E-state index contributed by atoms with van der Waals surface area (Å²) in [6.45, 7) is 0.278. The number of methoxy groups -OCH3 is 2. The second kappa shape index (κ2) is 9.73. The van der Waals surface area contributed by atoms with Gasteiger partial charge in [-0.15, -0.1) is 0 Å². The molecule has 7 nitrogen and oxygen atoms in total. The van der Waals surface area contributed by atoms with E-state index in [1.807, 2.05) is 18.2 Å². The molecule has 0 saturated carbocycles. The van der Waals surface area contributed by atoms with Gasteiger partial charge in [0, 0.05) is 18.8 Å². The van der Waals surface area contributed by atoms with Gasteiger partial charge in [-0.1, -0.05) is 6.07 Å². The summed E-state index contributed by atoms with van der Waals surface area (Å²) in [5.41, 5.74) is 1.18. The molecule has 0 unspecified atom stereocenters. The Balaban J connectivity index is 1.50. The van der Waals surface area contributed by atoms with Crippen LogP contribution in [0.2, 0.25) is 0 Å². The molecule has 0 radical (unpaired) electrons. The normalized spacial score (nSPS) is 10.5. The summed E-state index contributed by atoms with van der Waals surface area (Å²) in [4.78, 5) is 12.3. The van der Waals surface area contributed by atoms with Gasteiger partial charge in [-0.05, 0) is 42.3 Å². The molecule has 0 aliphatic rings. The lowest BCUT2D eigenvalue weighted by molar-refractivity contribution is 0.0947. The Hall–Kier alpha value is -3.62. The molecule has 0 atom stereocenters. The largest absolute Gasteiger partial charge is 0.493 e. The molecule has 158 valence electrons. The minimum Gasteiger partial charge on any atom is -0.493 e. The monoisotopic (exact) mass is 417 g/mol. The first-order valence-corrected chi connectivity index (χ1v) is 9.10. The van der Waals surface area contributed by atoms with Crippen molar-refractivity contribution in [2.75, 3.05) is 20.8 Å². The topological polar surface area (TPSA) is 74.6 Å². The quantitative estimate of drug-likeness (QED) is 0.579. The maximum absolute atomic E-state index is 13.6. The molecule has 0 aliphatic heterocycles. The van der Waals surface area contributed by atoms with Crippen LogP contribution in [0.1, 0.15) is 16.1 Å². The summed E-state index contributed by atoms with van der Waals surface area (Å²) in [5.74, 6) is -0.688. The molecule has 3 rings (SSSR count). The van der Waals surface area contributed by atoms with E-state index in [0.717, 1.165) is 17.7 Å². The number of benzene rings is 2. The molecule has 2 aromatic carbocycles. The zero-order valence-corrected chi connectivity index (χ0v) is 16.5. The van der Waals surface area contributed by atoms with Crippen molar-refractivity contribution in [1.82, 2.24) is 15.1 Å². The van der Waals surface area contributed by atoms with E-state index < -0.39 is 11.6 Å². The molecule has 0 spiro atoms. The third-order valence-electron chi connectivity index (χ3n) is 4.27. The molecular weight excluding hydrogens is 396 g/mol. The Morgan fingerprint density at radius 3 is 2.53 bits per heavy atom. The van der Waals surface area contributed by atoms with Crippen molar-refractivity contribution >= 4 is 5.91 Å². The van der Waals surface area contributed by atoms with Crippen molar-refractivity contribution in [3.63, 3.8) is 0 Å². The predicted octanol–water partition coefficient (Wildman–Crippen LogP) is 3.19. The summed E-state index contributed by atoms with van der Waals surface area (Å²) >= 11 is 0. The number of carbonyl (C=O) groups is 1. The lowest BCUT2D eigenvalue weighted by atomic mass is 10.1. The molecule has 30 heavy (non-hydrogen) atoms. The molecule has 9 heteroatoms. The first kappa shape index (κ1) is 21.1. The lowest BCUT2D eigenvalue weighted by Crippen LogP contribution is -2.26. The summed E-state index contributed by atoms with van der Waals surface area (Å²) in [5, 5.41) is 6.88. The molecule has 0 fully saturated rings. The van der Waals surface area contributed by atoms with Crippen LogP contribution in [0.15, 0.2) is 48.7 Å². The number of amides is 1. The van der Waals surface area contributed by atoms with Gasteiger partial charge in [0.05, 0.1) is 14.2 Å². The van der Waals surface area contributed by atoms with Crippen molar-refractivity contribution < 1.29 is 27.8 Å². The number of ether oxygens (including phenoxy) is 3. The zero-order chi connectivity index (χ0) is 21.5. The van der Waals surface area contributed by atoms with Crippen molar-refractivity contribution in [3.05, 3.63) is 71.6 Å². The fraction of sp³-hybridized carbons (Fsp3) is 0.238. The first-order valence-electron chi connectivity index (χ1n) is 9.10. The van der Waals surface area contributed by atoms with E-state index in [4.69, 9.17) is 14.2 Å². The average Bonchev–Trinajstić information content (AvgIpc) is 3.22. The molecule has 0 bridgehead atoms. The first-order chi connectivity index (χ1) is 14.5. The highest BCUT2D eigenvalue weighted by molar-refractivity contribution is 5.92. The number of aromatic nitrogens is 2. The van der Waals surface area contributed by atoms with Crippen molar-refractivity contribution in [2.24, 2.45) is 0 Å². The molecule has 1 N–H and O–H groups in total. The fourth-order valence-electron chi connectivity index (χ4n) is 2.73. The van der Waals surface area contributed by atoms with Gasteiger partial charge in [0.2, 0.25) is 0 Å². The molecule has 3 aromatic rings. The Morgan fingerprint density at radius 2 is 1.80 bits per heavy atom. The van der Waals surface area contributed by atoms with E-state index in [0.29, 0.717) is 24.5 Å². The Labute approximate surface area is 172 Å². The molecule has 0 aliphatic carbocycles. The predicted molar refractivity (Wildman–Crippen MR) is 105 cm³/mol. The Bertz CT molecular complexity index is 1020. The van der Waals surface area contributed by atoms with Crippen molar-refractivity contribution in [1.29, 1.82) is 0 Å². The Kier molecular flexibility index (Phi) is 6.84. The van der Waals surface area contributed by atoms with Gasteiger partial charge >= 0.3 is 0 Å². The summed E-state index contributed by atoms with van der Waals surface area (Å²) < 4.78 is 43.6. The molecule has 0 saturated heterocycles. The average molecular weight is 417 g/mol. The second-order valence-electron chi connectivity index (χ2n) is 6.28. The highest BCUT2D eigenvalue weighted by Gasteiger charge is 2.11. The van der Waals surface area contributed by atoms with E-state index in [9.17, 15) is 13.6 Å². The van der Waals surface area contributed by atoms with Gasteiger partial charge in [0.1, 0.15) is 11.5 Å². The number of nitrogens with zero attached hydrogens (tertiary/aromatic N) is 2. The summed E-state index contributed by atoms with van der Waals surface area (Å²) in [6.07, 6.45) is 2.13. The van der Waals surface area contributed by atoms with E-state index in [-0.39, 0.29) is 24.1 Å². The zero-order valence-electron chi connectivity index (χ0n) is 16.5. The number of hydrogen-bond acceptors (Lipinski definition) is 5. The maximum atomic E-state index is 13.6. The van der Waals surface area contributed by atoms with Crippen LogP contribution in [0.3, 0.4) is 0 Å². The van der Waals surface area contributed by atoms with E-state index in [1.165, 1.54) is 23.0 Å². The molecular formula is C21H21F2N3O4. The number of rotatable bonds is 9. The number of halogens is 2. The third kappa shape index (κ3) is 5.25. The van der Waals surface area contributed by atoms with Crippen LogP contribution in [-0.4, -0.2) is 36.5 Å². The second-order valence-corrected chi connectivity index (χ2v) is 6.28. The van der Waals surface area contributed by atoms with Crippen LogP contribution in [-0.2, 0) is 13.2 Å². The number of nitrogens with one attached hydrogen (secondary N) is 1. The van der Waals surface area contributed by atoms with Gasteiger partial charge in [-0.25, -0.2) is 13.5 Å². The maximum Gasteiger partial charge on any atom is 0.271 e. The smallest absolute Gasteiger partial charge is 0.271 e. The Morgan fingerprint density at radius 1 is 1.03 bits per heavy atom. The van der Waals surface area contributed by atoms with Crippen LogP contribution in [0, 0.1) is 11.6 Å². The highest BCUT2D eigenvalue weighted by atomic mass is 19.1. The number of carbonyl (C=O) groups excluding carboxylic acids is 1.